The Morgan fingerprint density at radius 2 is 2.31 bits per heavy atom. The van der Waals surface area contributed by atoms with Crippen LogP contribution >= 0.6 is 15.9 Å². The quantitative estimate of drug-likeness (QED) is 0.372. The zero-order chi connectivity index (χ0) is 9.84. The average Bonchev–Trinajstić information content (AvgIpc) is 2.10. The van der Waals surface area contributed by atoms with Crippen LogP contribution in [0.25, 0.3) is 0 Å². The van der Waals surface area contributed by atoms with Gasteiger partial charge in [-0.25, -0.2) is 0 Å². The first-order chi connectivity index (χ1) is 6.15. The number of hydrogen-bond donors (Lipinski definition) is 1. The highest BCUT2D eigenvalue weighted by Gasteiger charge is 2.03. The number of hydrogen-bond acceptors (Lipinski definition) is 3. The molecule has 0 amide bonds. The molecule has 1 aromatic carbocycles. The maximum absolute atomic E-state index is 11.3. The molecular weight excluding hydrogens is 232 g/mol. The summed E-state index contributed by atoms with van der Waals surface area (Å²) >= 11 is 3.35. The van der Waals surface area contributed by atoms with Gasteiger partial charge >= 0.3 is 0 Å². The van der Waals surface area contributed by atoms with E-state index in [1.807, 2.05) is 13.0 Å². The van der Waals surface area contributed by atoms with Crippen molar-refractivity contribution in [1.29, 1.82) is 0 Å². The minimum atomic E-state index is -0.182. The third kappa shape index (κ3) is 2.39. The van der Waals surface area contributed by atoms with Gasteiger partial charge in [-0.3, -0.25) is 4.79 Å². The van der Waals surface area contributed by atoms with Gasteiger partial charge in [0.1, 0.15) is 0 Å². The van der Waals surface area contributed by atoms with E-state index >= 15 is 0 Å². The summed E-state index contributed by atoms with van der Waals surface area (Å²) in [4.78, 5) is 11.3. The molecule has 1 rings (SSSR count). The maximum Gasteiger partial charge on any atom is 0.205 e. The lowest BCUT2D eigenvalue weighted by atomic mass is 10.1. The molecular formula is C9H9BrN2O. The molecule has 0 bridgehead atoms. The van der Waals surface area contributed by atoms with Crippen molar-refractivity contribution in [2.75, 3.05) is 0 Å². The molecule has 0 saturated heterocycles. The smallest absolute Gasteiger partial charge is 0.205 e. The SMILES string of the molecule is Cc1cc(C(=O)C=NN)ccc1Br. The van der Waals surface area contributed by atoms with E-state index in [1.54, 1.807) is 12.1 Å². The molecule has 13 heavy (non-hydrogen) atoms. The van der Waals surface area contributed by atoms with Crippen LogP contribution in [0.5, 0.6) is 0 Å². The van der Waals surface area contributed by atoms with Crippen molar-refractivity contribution in [2.24, 2.45) is 10.9 Å². The zero-order valence-corrected chi connectivity index (χ0v) is 8.71. The van der Waals surface area contributed by atoms with Crippen molar-refractivity contribution >= 4 is 27.9 Å². The Hall–Kier alpha value is -1.16. The molecule has 0 spiro atoms. The van der Waals surface area contributed by atoms with E-state index in [4.69, 9.17) is 5.84 Å². The molecule has 3 nitrogen and oxygen atoms in total. The molecule has 0 aromatic heterocycles. The Balaban J connectivity index is 3.04. The summed E-state index contributed by atoms with van der Waals surface area (Å²) in [5.41, 5.74) is 1.60. The summed E-state index contributed by atoms with van der Waals surface area (Å²) in [5, 5.41) is 3.18. The van der Waals surface area contributed by atoms with E-state index in [9.17, 15) is 4.79 Å². The number of aryl methyl sites for hydroxylation is 1. The summed E-state index contributed by atoms with van der Waals surface area (Å²) in [7, 11) is 0. The third-order valence-corrected chi connectivity index (χ3v) is 2.52. The second-order valence-electron chi connectivity index (χ2n) is 2.61. The molecule has 0 saturated carbocycles. The highest BCUT2D eigenvalue weighted by atomic mass is 79.9. The van der Waals surface area contributed by atoms with E-state index in [-0.39, 0.29) is 5.78 Å². The van der Waals surface area contributed by atoms with Crippen LogP contribution < -0.4 is 5.84 Å². The summed E-state index contributed by atoms with van der Waals surface area (Å²) in [5.74, 6) is 4.69. The number of benzene rings is 1. The molecule has 0 aliphatic carbocycles. The summed E-state index contributed by atoms with van der Waals surface area (Å²) in [6.45, 7) is 1.92. The van der Waals surface area contributed by atoms with Gasteiger partial charge in [-0.05, 0) is 30.7 Å². The van der Waals surface area contributed by atoms with Gasteiger partial charge in [-0.2, -0.15) is 5.10 Å². The summed E-state index contributed by atoms with van der Waals surface area (Å²) in [6, 6.07) is 5.34. The molecule has 68 valence electrons. The predicted octanol–water partition coefficient (Wildman–Crippen LogP) is 1.88. The Morgan fingerprint density at radius 3 is 2.85 bits per heavy atom. The van der Waals surface area contributed by atoms with Crippen molar-refractivity contribution in [3.63, 3.8) is 0 Å². The van der Waals surface area contributed by atoms with Crippen molar-refractivity contribution in [1.82, 2.24) is 0 Å². The van der Waals surface area contributed by atoms with E-state index in [1.165, 1.54) is 0 Å². The number of carbonyl (C=O) groups excluding carboxylic acids is 1. The Bertz CT molecular complexity index is 361. The number of nitrogens with two attached hydrogens (primary N) is 1. The van der Waals surface area contributed by atoms with Crippen LogP contribution in [-0.2, 0) is 0 Å². The van der Waals surface area contributed by atoms with Crippen LogP contribution in [0.2, 0.25) is 0 Å². The molecule has 0 atom stereocenters. The van der Waals surface area contributed by atoms with Gasteiger partial charge in [0.25, 0.3) is 0 Å². The van der Waals surface area contributed by atoms with Crippen LogP contribution in [0, 0.1) is 6.92 Å². The molecule has 0 aliphatic rings. The van der Waals surface area contributed by atoms with Crippen molar-refractivity contribution in [2.45, 2.75) is 6.92 Å². The van der Waals surface area contributed by atoms with Gasteiger partial charge in [0.15, 0.2) is 0 Å². The van der Waals surface area contributed by atoms with E-state index in [0.29, 0.717) is 5.56 Å². The van der Waals surface area contributed by atoms with Gasteiger partial charge < -0.3 is 5.84 Å². The van der Waals surface area contributed by atoms with E-state index in [0.717, 1.165) is 16.3 Å². The maximum atomic E-state index is 11.3. The van der Waals surface area contributed by atoms with Crippen LogP contribution in [0.1, 0.15) is 15.9 Å². The minimum Gasteiger partial charge on any atom is -0.323 e. The number of carbonyl (C=O) groups is 1. The van der Waals surface area contributed by atoms with Crippen molar-refractivity contribution in [3.05, 3.63) is 33.8 Å². The van der Waals surface area contributed by atoms with Gasteiger partial charge in [-0.1, -0.05) is 15.9 Å². The number of Topliss-reactive ketones (excluding diaryl/α,β-unsaturated/α-hetero) is 1. The lowest BCUT2D eigenvalue weighted by Gasteiger charge is -1.99. The first kappa shape index (κ1) is 9.92. The number of halogens is 1. The number of ketones is 1. The number of rotatable bonds is 2. The monoisotopic (exact) mass is 240 g/mol. The molecule has 2 N–H and O–H groups in total. The molecule has 1 aromatic rings. The lowest BCUT2D eigenvalue weighted by molar-refractivity contribution is 0.107. The lowest BCUT2D eigenvalue weighted by Crippen LogP contribution is -2.02. The van der Waals surface area contributed by atoms with Gasteiger partial charge in [0.2, 0.25) is 5.78 Å². The topological polar surface area (TPSA) is 55.5 Å². The molecule has 0 heterocycles. The van der Waals surface area contributed by atoms with Gasteiger partial charge in [0.05, 0.1) is 6.21 Å². The highest BCUT2D eigenvalue weighted by molar-refractivity contribution is 9.10. The van der Waals surface area contributed by atoms with E-state index in [2.05, 4.69) is 21.0 Å². The Morgan fingerprint density at radius 1 is 1.62 bits per heavy atom. The van der Waals surface area contributed by atoms with E-state index < -0.39 is 0 Å². The van der Waals surface area contributed by atoms with Crippen LogP contribution in [0.15, 0.2) is 27.8 Å². The van der Waals surface area contributed by atoms with Crippen molar-refractivity contribution in [3.8, 4) is 0 Å². The molecule has 0 radical (unpaired) electrons. The molecule has 0 unspecified atom stereocenters. The number of nitrogens with zero attached hydrogens (tertiary/aromatic N) is 1. The van der Waals surface area contributed by atoms with Gasteiger partial charge in [-0.15, -0.1) is 0 Å². The fourth-order valence-corrected chi connectivity index (χ4v) is 1.19. The zero-order valence-electron chi connectivity index (χ0n) is 7.12. The molecule has 0 aliphatic heterocycles. The third-order valence-electron chi connectivity index (χ3n) is 1.63. The first-order valence-corrected chi connectivity index (χ1v) is 4.48. The normalized spacial score (nSPS) is 10.6. The average molecular weight is 241 g/mol. The highest BCUT2D eigenvalue weighted by Crippen LogP contribution is 2.16. The summed E-state index contributed by atoms with van der Waals surface area (Å²) in [6.07, 6.45) is 1.10. The first-order valence-electron chi connectivity index (χ1n) is 3.69. The van der Waals surface area contributed by atoms with Gasteiger partial charge in [0, 0.05) is 10.0 Å². The second-order valence-corrected chi connectivity index (χ2v) is 3.46. The van der Waals surface area contributed by atoms with Crippen LogP contribution in [0.3, 0.4) is 0 Å². The van der Waals surface area contributed by atoms with Crippen molar-refractivity contribution < 1.29 is 4.79 Å². The second kappa shape index (κ2) is 4.18. The largest absolute Gasteiger partial charge is 0.323 e. The fourth-order valence-electron chi connectivity index (χ4n) is 0.940. The Kier molecular flexibility index (Phi) is 3.19. The molecule has 0 fully saturated rings. The molecule has 4 heteroatoms. The van der Waals surface area contributed by atoms with Crippen LogP contribution in [0.4, 0.5) is 0 Å². The standard InChI is InChI=1S/C9H9BrN2O/c1-6-4-7(2-3-8(6)10)9(13)5-12-11/h2-5H,11H2,1H3. The van der Waals surface area contributed by atoms with Crippen LogP contribution in [-0.4, -0.2) is 12.0 Å². The fraction of sp³-hybridized carbons (Fsp3) is 0.111. The number of hydrazone groups is 1. The Labute approximate surface area is 84.8 Å². The summed E-state index contributed by atoms with van der Waals surface area (Å²) < 4.78 is 0.980. The predicted molar refractivity (Wildman–Crippen MR) is 55.9 cm³/mol. The minimum absolute atomic E-state index is 0.182.